The van der Waals surface area contributed by atoms with Gasteiger partial charge in [0, 0.05) is 12.1 Å². The first-order valence-electron chi connectivity index (χ1n) is 5.86. The lowest BCUT2D eigenvalue weighted by atomic mass is 10.3. The number of halogens is 1. The summed E-state index contributed by atoms with van der Waals surface area (Å²) in [4.78, 5) is 9.68. The van der Waals surface area contributed by atoms with E-state index in [9.17, 15) is 22.9 Å². The lowest BCUT2D eigenvalue weighted by molar-refractivity contribution is -0.386. The third-order valence-corrected chi connectivity index (χ3v) is 3.88. The topological polar surface area (TPSA) is 95.7 Å². The Morgan fingerprint density at radius 2 is 1.91 bits per heavy atom. The van der Waals surface area contributed by atoms with Crippen molar-refractivity contribution in [2.45, 2.75) is 4.90 Å². The Labute approximate surface area is 125 Å². The number of hydrogen-bond donors (Lipinski definition) is 0. The molecule has 0 amide bonds. The molecule has 2 aromatic carbocycles. The molecule has 0 aromatic heterocycles. The zero-order valence-electron chi connectivity index (χ0n) is 11.2. The van der Waals surface area contributed by atoms with Gasteiger partial charge in [0.25, 0.3) is 0 Å². The summed E-state index contributed by atoms with van der Waals surface area (Å²) < 4.78 is 46.7. The summed E-state index contributed by atoms with van der Waals surface area (Å²) in [6.07, 6.45) is 0. The maximum Gasteiger partial charge on any atom is 0.339 e. The maximum absolute atomic E-state index is 13.0. The molecule has 0 aliphatic rings. The van der Waals surface area contributed by atoms with Crippen LogP contribution < -0.4 is 8.92 Å². The molecular weight excluding hydrogens is 317 g/mol. The van der Waals surface area contributed by atoms with E-state index in [-0.39, 0.29) is 11.5 Å². The van der Waals surface area contributed by atoms with Gasteiger partial charge in [-0.05, 0) is 24.3 Å². The van der Waals surface area contributed by atoms with Gasteiger partial charge in [0.05, 0.1) is 12.0 Å². The van der Waals surface area contributed by atoms with E-state index in [4.69, 9.17) is 8.92 Å². The highest BCUT2D eigenvalue weighted by Gasteiger charge is 2.23. The Bertz CT molecular complexity index is 821. The van der Waals surface area contributed by atoms with Gasteiger partial charge in [-0.25, -0.2) is 4.39 Å². The third kappa shape index (κ3) is 3.31. The van der Waals surface area contributed by atoms with Crippen LogP contribution in [0.4, 0.5) is 10.1 Å². The van der Waals surface area contributed by atoms with Crippen LogP contribution in [0.15, 0.2) is 47.4 Å². The fourth-order valence-electron chi connectivity index (χ4n) is 1.66. The van der Waals surface area contributed by atoms with Gasteiger partial charge in [-0.1, -0.05) is 6.07 Å². The molecule has 7 nitrogen and oxygen atoms in total. The SMILES string of the molecule is COc1ccc(S(=O)(=O)Oc2cccc(F)c2)cc1[N+](=O)[O-]. The molecule has 0 radical (unpaired) electrons. The van der Waals surface area contributed by atoms with E-state index in [1.807, 2.05) is 0 Å². The largest absolute Gasteiger partial charge is 0.490 e. The monoisotopic (exact) mass is 327 g/mol. The highest BCUT2D eigenvalue weighted by molar-refractivity contribution is 7.87. The fraction of sp³-hybridized carbons (Fsp3) is 0.0769. The molecule has 0 N–H and O–H groups in total. The van der Waals surface area contributed by atoms with E-state index >= 15 is 0 Å². The van der Waals surface area contributed by atoms with E-state index in [0.29, 0.717) is 0 Å². The number of rotatable bonds is 5. The number of ether oxygens (including phenoxy) is 1. The average molecular weight is 327 g/mol. The summed E-state index contributed by atoms with van der Waals surface area (Å²) in [5, 5.41) is 10.9. The number of hydrogen-bond acceptors (Lipinski definition) is 6. The molecule has 0 atom stereocenters. The zero-order valence-corrected chi connectivity index (χ0v) is 12.0. The van der Waals surface area contributed by atoms with E-state index in [1.54, 1.807) is 0 Å². The van der Waals surface area contributed by atoms with Crippen LogP contribution in [-0.2, 0) is 10.1 Å². The van der Waals surface area contributed by atoms with Crippen molar-refractivity contribution in [3.63, 3.8) is 0 Å². The number of nitro groups is 1. The van der Waals surface area contributed by atoms with Gasteiger partial charge >= 0.3 is 15.8 Å². The van der Waals surface area contributed by atoms with Crippen molar-refractivity contribution < 1.29 is 26.7 Å². The van der Waals surface area contributed by atoms with Crippen molar-refractivity contribution in [2.24, 2.45) is 0 Å². The van der Waals surface area contributed by atoms with Gasteiger partial charge in [0.1, 0.15) is 16.5 Å². The van der Waals surface area contributed by atoms with Crippen molar-refractivity contribution in [1.82, 2.24) is 0 Å². The smallest absolute Gasteiger partial charge is 0.339 e. The van der Waals surface area contributed by atoms with Gasteiger partial charge in [-0.3, -0.25) is 10.1 Å². The minimum absolute atomic E-state index is 0.0882. The van der Waals surface area contributed by atoms with Gasteiger partial charge in [0.2, 0.25) is 0 Å². The second-order valence-electron chi connectivity index (χ2n) is 4.09. The molecule has 2 rings (SSSR count). The Kier molecular flexibility index (Phi) is 4.27. The number of nitrogens with zero attached hydrogens (tertiary/aromatic N) is 1. The van der Waals surface area contributed by atoms with Crippen LogP contribution in [0.5, 0.6) is 11.5 Å². The molecule has 22 heavy (non-hydrogen) atoms. The minimum atomic E-state index is -4.34. The first-order chi connectivity index (χ1) is 10.3. The molecule has 2 aromatic rings. The van der Waals surface area contributed by atoms with Gasteiger partial charge in [-0.15, -0.1) is 0 Å². The molecule has 0 saturated carbocycles. The third-order valence-electron chi connectivity index (χ3n) is 2.64. The average Bonchev–Trinajstić information content (AvgIpc) is 2.46. The van der Waals surface area contributed by atoms with Crippen LogP contribution in [0.1, 0.15) is 0 Å². The molecule has 0 saturated heterocycles. The first-order valence-corrected chi connectivity index (χ1v) is 7.27. The number of benzene rings is 2. The predicted octanol–water partition coefficient (Wildman–Crippen LogP) is 2.51. The van der Waals surface area contributed by atoms with Crippen LogP contribution >= 0.6 is 0 Å². The highest BCUT2D eigenvalue weighted by Crippen LogP contribution is 2.30. The quantitative estimate of drug-likeness (QED) is 0.475. The first kappa shape index (κ1) is 15.7. The molecule has 9 heteroatoms. The molecule has 0 aliphatic carbocycles. The summed E-state index contributed by atoms with van der Waals surface area (Å²) in [6.45, 7) is 0. The Morgan fingerprint density at radius 1 is 1.18 bits per heavy atom. The van der Waals surface area contributed by atoms with Crippen LogP contribution in [0.3, 0.4) is 0 Å². The zero-order chi connectivity index (χ0) is 16.3. The summed E-state index contributed by atoms with van der Waals surface area (Å²) in [5.74, 6) is -0.999. The summed E-state index contributed by atoms with van der Waals surface area (Å²) in [5.41, 5.74) is -0.522. The molecule has 0 fully saturated rings. The van der Waals surface area contributed by atoms with Gasteiger partial charge < -0.3 is 8.92 Å². The minimum Gasteiger partial charge on any atom is -0.490 e. The van der Waals surface area contributed by atoms with Gasteiger partial charge in [0.15, 0.2) is 5.75 Å². The predicted molar refractivity (Wildman–Crippen MR) is 73.9 cm³/mol. The Morgan fingerprint density at radius 3 is 2.50 bits per heavy atom. The lowest BCUT2D eigenvalue weighted by Crippen LogP contribution is -2.10. The molecule has 0 spiro atoms. The highest BCUT2D eigenvalue weighted by atomic mass is 32.2. The van der Waals surface area contributed by atoms with Crippen molar-refractivity contribution >= 4 is 15.8 Å². The van der Waals surface area contributed by atoms with E-state index in [0.717, 1.165) is 30.3 Å². The molecule has 0 unspecified atom stereocenters. The molecule has 116 valence electrons. The van der Waals surface area contributed by atoms with Crippen LogP contribution in [-0.4, -0.2) is 20.5 Å². The fourth-order valence-corrected chi connectivity index (χ4v) is 2.61. The Hall–Kier alpha value is -2.68. The lowest BCUT2D eigenvalue weighted by Gasteiger charge is -2.08. The molecule has 0 bridgehead atoms. The van der Waals surface area contributed by atoms with Crippen molar-refractivity contribution in [3.8, 4) is 11.5 Å². The second kappa shape index (κ2) is 5.98. The van der Waals surface area contributed by atoms with E-state index < -0.39 is 31.4 Å². The van der Waals surface area contributed by atoms with Crippen molar-refractivity contribution in [2.75, 3.05) is 7.11 Å². The van der Waals surface area contributed by atoms with Crippen LogP contribution in [0, 0.1) is 15.9 Å². The summed E-state index contributed by atoms with van der Waals surface area (Å²) in [7, 11) is -3.12. The number of nitro benzene ring substituents is 1. The Balaban J connectivity index is 2.41. The van der Waals surface area contributed by atoms with E-state index in [1.165, 1.54) is 19.2 Å². The van der Waals surface area contributed by atoms with Crippen molar-refractivity contribution in [1.29, 1.82) is 0 Å². The molecule has 0 aliphatic heterocycles. The van der Waals surface area contributed by atoms with Gasteiger partial charge in [-0.2, -0.15) is 8.42 Å². The van der Waals surface area contributed by atoms with Crippen LogP contribution in [0.2, 0.25) is 0 Å². The summed E-state index contributed by atoms with van der Waals surface area (Å²) in [6, 6.07) is 7.58. The normalized spacial score (nSPS) is 11.0. The standard InChI is InChI=1S/C13H10FNO6S/c1-20-13-6-5-11(8-12(13)15(16)17)22(18,19)21-10-4-2-3-9(14)7-10/h2-8H,1H3. The number of methoxy groups -OCH3 is 1. The molecular formula is C13H10FNO6S. The maximum atomic E-state index is 13.0. The van der Waals surface area contributed by atoms with Crippen molar-refractivity contribution in [3.05, 3.63) is 58.4 Å². The molecule has 0 heterocycles. The van der Waals surface area contributed by atoms with E-state index in [2.05, 4.69) is 0 Å². The van der Waals surface area contributed by atoms with Crippen LogP contribution in [0.25, 0.3) is 0 Å². The summed E-state index contributed by atoms with van der Waals surface area (Å²) >= 11 is 0. The second-order valence-corrected chi connectivity index (χ2v) is 5.63.